The maximum Gasteiger partial charge on any atom is 0.305 e. The number of aliphatic carboxylic acids is 1. The Balaban J connectivity index is 2.81. The van der Waals surface area contributed by atoms with Crippen molar-refractivity contribution >= 4 is 11.9 Å². The fourth-order valence-corrected chi connectivity index (χ4v) is 1.90. The van der Waals surface area contributed by atoms with Gasteiger partial charge in [-0.1, -0.05) is 26.5 Å². The summed E-state index contributed by atoms with van der Waals surface area (Å²) in [4.78, 5) is 23.3. The van der Waals surface area contributed by atoms with Gasteiger partial charge < -0.3 is 15.2 Å². The van der Waals surface area contributed by atoms with Crippen LogP contribution >= 0.6 is 0 Å². The molecule has 0 spiro atoms. The number of carboxylic acid groups (broad SMARTS) is 1. The highest BCUT2D eigenvalue weighted by Crippen LogP contribution is 2.22. The number of hydrogen-bond donors (Lipinski definition) is 2. The standard InChI is InChI=1S/C17H23NO4/c1-5-10-22-14-8-6-13(7-9-14)16(21)18-17(4,12(2)3)11-15(19)20/h5-9,12H,1,10-11H2,2-4H3,(H,18,21)(H,19,20). The van der Waals surface area contributed by atoms with E-state index in [1.165, 1.54) is 0 Å². The molecule has 5 nitrogen and oxygen atoms in total. The van der Waals surface area contributed by atoms with Crippen molar-refractivity contribution in [2.75, 3.05) is 6.61 Å². The summed E-state index contributed by atoms with van der Waals surface area (Å²) in [5, 5.41) is 11.9. The maximum atomic E-state index is 12.3. The lowest BCUT2D eigenvalue weighted by Gasteiger charge is -2.33. The van der Waals surface area contributed by atoms with Gasteiger partial charge in [0.1, 0.15) is 12.4 Å². The minimum atomic E-state index is -0.940. The average molecular weight is 305 g/mol. The first-order valence-corrected chi connectivity index (χ1v) is 7.16. The van der Waals surface area contributed by atoms with Crippen molar-refractivity contribution in [2.24, 2.45) is 5.92 Å². The van der Waals surface area contributed by atoms with E-state index < -0.39 is 11.5 Å². The molecule has 0 saturated carbocycles. The Labute approximate surface area is 131 Å². The molecule has 1 rings (SSSR count). The third-order valence-corrected chi connectivity index (χ3v) is 3.68. The van der Waals surface area contributed by atoms with Crippen molar-refractivity contribution in [3.63, 3.8) is 0 Å². The Kier molecular flexibility index (Phi) is 6.16. The number of amides is 1. The SMILES string of the molecule is C=CCOc1ccc(C(=O)NC(C)(CC(=O)O)C(C)C)cc1. The van der Waals surface area contributed by atoms with Gasteiger partial charge in [0, 0.05) is 5.56 Å². The van der Waals surface area contributed by atoms with Crippen LogP contribution < -0.4 is 10.1 Å². The van der Waals surface area contributed by atoms with E-state index in [0.717, 1.165) is 0 Å². The van der Waals surface area contributed by atoms with Gasteiger partial charge in [-0.15, -0.1) is 0 Å². The number of ether oxygens (including phenoxy) is 1. The van der Waals surface area contributed by atoms with Crippen LogP contribution in [-0.2, 0) is 4.79 Å². The van der Waals surface area contributed by atoms with Gasteiger partial charge in [-0.3, -0.25) is 9.59 Å². The molecular weight excluding hydrogens is 282 g/mol. The Bertz CT molecular complexity index is 536. The number of carboxylic acids is 1. The minimum absolute atomic E-state index is 0.0113. The van der Waals surface area contributed by atoms with Crippen LogP contribution in [0.4, 0.5) is 0 Å². The molecule has 5 heteroatoms. The van der Waals surface area contributed by atoms with Crippen molar-refractivity contribution in [1.29, 1.82) is 0 Å². The average Bonchev–Trinajstić information content (AvgIpc) is 2.44. The normalized spacial score (nSPS) is 13.3. The molecule has 120 valence electrons. The van der Waals surface area contributed by atoms with Gasteiger partial charge in [-0.25, -0.2) is 0 Å². The van der Waals surface area contributed by atoms with Crippen LogP contribution in [0, 0.1) is 5.92 Å². The number of carbonyl (C=O) groups excluding carboxylic acids is 1. The molecule has 2 N–H and O–H groups in total. The first-order valence-electron chi connectivity index (χ1n) is 7.16. The van der Waals surface area contributed by atoms with Crippen LogP contribution in [0.25, 0.3) is 0 Å². The molecule has 0 radical (unpaired) electrons. The van der Waals surface area contributed by atoms with Crippen molar-refractivity contribution in [2.45, 2.75) is 32.7 Å². The fraction of sp³-hybridized carbons (Fsp3) is 0.412. The van der Waals surface area contributed by atoms with Crippen molar-refractivity contribution < 1.29 is 19.4 Å². The van der Waals surface area contributed by atoms with E-state index >= 15 is 0 Å². The van der Waals surface area contributed by atoms with Gasteiger partial charge in [-0.05, 0) is 37.1 Å². The van der Waals surface area contributed by atoms with Gasteiger partial charge in [0.25, 0.3) is 5.91 Å². The molecule has 0 aliphatic carbocycles. The maximum absolute atomic E-state index is 12.3. The van der Waals surface area contributed by atoms with Crippen molar-refractivity contribution in [3.05, 3.63) is 42.5 Å². The van der Waals surface area contributed by atoms with Gasteiger partial charge in [-0.2, -0.15) is 0 Å². The third kappa shape index (κ3) is 4.91. The van der Waals surface area contributed by atoms with Crippen LogP contribution in [-0.4, -0.2) is 29.1 Å². The predicted octanol–water partition coefficient (Wildman–Crippen LogP) is 2.87. The molecule has 1 unspecified atom stereocenters. The Hall–Kier alpha value is -2.30. The summed E-state index contributed by atoms with van der Waals surface area (Å²) >= 11 is 0. The Morgan fingerprint density at radius 2 is 1.95 bits per heavy atom. The van der Waals surface area contributed by atoms with Crippen LogP contribution in [0.3, 0.4) is 0 Å². The van der Waals surface area contributed by atoms with Crippen LogP contribution in [0.15, 0.2) is 36.9 Å². The zero-order chi connectivity index (χ0) is 16.8. The summed E-state index contributed by atoms with van der Waals surface area (Å²) in [6.07, 6.45) is 1.51. The predicted molar refractivity (Wildman–Crippen MR) is 85.1 cm³/mol. The largest absolute Gasteiger partial charge is 0.490 e. The zero-order valence-corrected chi connectivity index (χ0v) is 13.3. The number of hydrogen-bond acceptors (Lipinski definition) is 3. The van der Waals surface area contributed by atoms with Gasteiger partial charge in [0.05, 0.1) is 12.0 Å². The monoisotopic (exact) mass is 305 g/mol. The van der Waals surface area contributed by atoms with E-state index in [2.05, 4.69) is 11.9 Å². The lowest BCUT2D eigenvalue weighted by molar-refractivity contribution is -0.138. The second-order valence-corrected chi connectivity index (χ2v) is 5.72. The topological polar surface area (TPSA) is 75.6 Å². The summed E-state index contributed by atoms with van der Waals surface area (Å²) in [5.41, 5.74) is -0.343. The molecule has 1 aromatic carbocycles. The smallest absolute Gasteiger partial charge is 0.305 e. The van der Waals surface area contributed by atoms with Crippen LogP contribution in [0.5, 0.6) is 5.75 Å². The van der Waals surface area contributed by atoms with E-state index in [-0.39, 0.29) is 18.2 Å². The molecule has 0 fully saturated rings. The summed E-state index contributed by atoms with van der Waals surface area (Å²) < 4.78 is 5.35. The molecule has 0 aromatic heterocycles. The van der Waals surface area contributed by atoms with Gasteiger partial charge >= 0.3 is 5.97 Å². The number of nitrogens with one attached hydrogen (secondary N) is 1. The van der Waals surface area contributed by atoms with Gasteiger partial charge in [0.15, 0.2) is 0 Å². The molecule has 1 amide bonds. The first kappa shape index (κ1) is 17.8. The summed E-state index contributed by atoms with van der Waals surface area (Å²) in [6.45, 7) is 9.47. The molecular formula is C17H23NO4. The summed E-state index contributed by atoms with van der Waals surface area (Å²) in [7, 11) is 0. The van der Waals surface area contributed by atoms with E-state index in [9.17, 15) is 9.59 Å². The highest BCUT2D eigenvalue weighted by molar-refractivity contribution is 5.95. The number of rotatable bonds is 8. The summed E-state index contributed by atoms with van der Waals surface area (Å²) in [5.74, 6) is -0.603. The molecule has 22 heavy (non-hydrogen) atoms. The van der Waals surface area contributed by atoms with Gasteiger partial charge in [0.2, 0.25) is 0 Å². The van der Waals surface area contributed by atoms with Crippen molar-refractivity contribution in [1.82, 2.24) is 5.32 Å². The third-order valence-electron chi connectivity index (χ3n) is 3.68. The molecule has 0 heterocycles. The molecule has 0 aliphatic rings. The van der Waals surface area contributed by atoms with E-state index in [1.54, 1.807) is 37.3 Å². The fourth-order valence-electron chi connectivity index (χ4n) is 1.90. The highest BCUT2D eigenvalue weighted by Gasteiger charge is 2.33. The minimum Gasteiger partial charge on any atom is -0.490 e. The molecule has 1 aromatic rings. The van der Waals surface area contributed by atoms with Crippen LogP contribution in [0.1, 0.15) is 37.6 Å². The van der Waals surface area contributed by atoms with E-state index in [0.29, 0.717) is 17.9 Å². The highest BCUT2D eigenvalue weighted by atomic mass is 16.5. The molecule has 0 bridgehead atoms. The van der Waals surface area contributed by atoms with E-state index in [4.69, 9.17) is 9.84 Å². The second-order valence-electron chi connectivity index (χ2n) is 5.72. The first-order chi connectivity index (χ1) is 10.3. The molecule has 0 aliphatic heterocycles. The van der Waals surface area contributed by atoms with Crippen LogP contribution in [0.2, 0.25) is 0 Å². The zero-order valence-electron chi connectivity index (χ0n) is 13.3. The second kappa shape index (κ2) is 7.64. The quantitative estimate of drug-likeness (QED) is 0.724. The van der Waals surface area contributed by atoms with Crippen molar-refractivity contribution in [3.8, 4) is 5.75 Å². The molecule has 1 atom stereocenters. The van der Waals surface area contributed by atoms with E-state index in [1.807, 2.05) is 13.8 Å². The number of benzene rings is 1. The Morgan fingerprint density at radius 1 is 1.36 bits per heavy atom. The Morgan fingerprint density at radius 3 is 2.41 bits per heavy atom. The lowest BCUT2D eigenvalue weighted by atomic mass is 9.85. The lowest BCUT2D eigenvalue weighted by Crippen LogP contribution is -2.51. The molecule has 0 saturated heterocycles. The number of carbonyl (C=O) groups is 2. The summed E-state index contributed by atoms with van der Waals surface area (Å²) in [6, 6.07) is 6.69.